The molecular weight excluding hydrogens is 248 g/mol. The van der Waals surface area contributed by atoms with Crippen molar-refractivity contribution < 1.29 is 4.79 Å². The summed E-state index contributed by atoms with van der Waals surface area (Å²) in [4.78, 5) is 15.3. The lowest BCUT2D eigenvalue weighted by Crippen LogP contribution is -2.52. The Kier molecular flexibility index (Phi) is 5.88. The summed E-state index contributed by atoms with van der Waals surface area (Å²) in [7, 11) is 0. The third kappa shape index (κ3) is 3.55. The van der Waals surface area contributed by atoms with Crippen molar-refractivity contribution in [3.05, 3.63) is 0 Å². The lowest BCUT2D eigenvalue weighted by Gasteiger charge is -2.40. The van der Waals surface area contributed by atoms with Crippen molar-refractivity contribution in [3.63, 3.8) is 0 Å². The van der Waals surface area contributed by atoms with Crippen molar-refractivity contribution in [2.24, 2.45) is 11.3 Å². The second-order valence-corrected chi connectivity index (χ2v) is 6.81. The standard InChI is InChI=1S/C17H32N2O/c1-3-9-17(10-6-11-18-14-17)16(20)19-12-5-7-15(4-2)8-13-19/h15,18H,3-14H2,1-2H3. The van der Waals surface area contributed by atoms with E-state index in [-0.39, 0.29) is 5.41 Å². The molecule has 0 bridgehead atoms. The second kappa shape index (κ2) is 7.44. The highest BCUT2D eigenvalue weighted by atomic mass is 16.2. The molecule has 2 atom stereocenters. The molecule has 2 heterocycles. The molecule has 3 heteroatoms. The maximum atomic E-state index is 13.1. The summed E-state index contributed by atoms with van der Waals surface area (Å²) in [6.45, 7) is 8.44. The van der Waals surface area contributed by atoms with E-state index >= 15 is 0 Å². The topological polar surface area (TPSA) is 32.3 Å². The van der Waals surface area contributed by atoms with E-state index in [9.17, 15) is 4.79 Å². The Labute approximate surface area is 124 Å². The highest BCUT2D eigenvalue weighted by Crippen LogP contribution is 2.35. The Morgan fingerprint density at radius 2 is 2.10 bits per heavy atom. The Balaban J connectivity index is 2.03. The summed E-state index contributed by atoms with van der Waals surface area (Å²) < 4.78 is 0. The fourth-order valence-electron chi connectivity index (χ4n) is 4.06. The van der Waals surface area contributed by atoms with Gasteiger partial charge in [-0.15, -0.1) is 0 Å². The predicted octanol–water partition coefficient (Wildman–Crippen LogP) is 3.20. The van der Waals surface area contributed by atoms with Gasteiger partial charge in [-0.05, 0) is 51.0 Å². The van der Waals surface area contributed by atoms with Crippen molar-refractivity contribution >= 4 is 5.91 Å². The number of nitrogens with zero attached hydrogens (tertiary/aromatic N) is 1. The molecule has 1 N–H and O–H groups in total. The van der Waals surface area contributed by atoms with Crippen LogP contribution in [0.4, 0.5) is 0 Å². The molecule has 0 aromatic heterocycles. The molecule has 0 radical (unpaired) electrons. The number of hydrogen-bond acceptors (Lipinski definition) is 2. The van der Waals surface area contributed by atoms with E-state index < -0.39 is 0 Å². The average Bonchev–Trinajstić information content (AvgIpc) is 2.73. The molecule has 0 aromatic carbocycles. The first-order valence-electron chi connectivity index (χ1n) is 8.72. The Bertz CT molecular complexity index is 305. The number of hydrogen-bond donors (Lipinski definition) is 1. The predicted molar refractivity (Wildman–Crippen MR) is 83.7 cm³/mol. The van der Waals surface area contributed by atoms with E-state index in [1.807, 2.05) is 0 Å². The summed E-state index contributed by atoms with van der Waals surface area (Å²) in [6, 6.07) is 0. The molecule has 0 spiro atoms. The van der Waals surface area contributed by atoms with Crippen molar-refractivity contribution in [1.29, 1.82) is 0 Å². The number of carbonyl (C=O) groups excluding carboxylic acids is 1. The molecule has 2 saturated heterocycles. The molecule has 0 aliphatic carbocycles. The minimum Gasteiger partial charge on any atom is -0.342 e. The van der Waals surface area contributed by atoms with Crippen LogP contribution < -0.4 is 5.32 Å². The zero-order valence-electron chi connectivity index (χ0n) is 13.4. The van der Waals surface area contributed by atoms with Crippen LogP contribution in [0.15, 0.2) is 0 Å². The van der Waals surface area contributed by atoms with E-state index in [0.29, 0.717) is 5.91 Å². The lowest BCUT2D eigenvalue weighted by atomic mass is 9.75. The number of nitrogens with one attached hydrogen (secondary N) is 1. The van der Waals surface area contributed by atoms with Crippen molar-refractivity contribution in [3.8, 4) is 0 Å². The molecule has 116 valence electrons. The Morgan fingerprint density at radius 3 is 2.75 bits per heavy atom. The zero-order valence-corrected chi connectivity index (χ0v) is 13.4. The maximum absolute atomic E-state index is 13.1. The van der Waals surface area contributed by atoms with Gasteiger partial charge in [-0.25, -0.2) is 0 Å². The van der Waals surface area contributed by atoms with E-state index in [2.05, 4.69) is 24.1 Å². The monoisotopic (exact) mass is 280 g/mol. The summed E-state index contributed by atoms with van der Waals surface area (Å²) in [6.07, 6.45) is 9.36. The van der Waals surface area contributed by atoms with Crippen LogP contribution in [-0.2, 0) is 4.79 Å². The Morgan fingerprint density at radius 1 is 1.25 bits per heavy atom. The van der Waals surface area contributed by atoms with Crippen molar-refractivity contribution in [2.75, 3.05) is 26.2 Å². The number of carbonyl (C=O) groups is 1. The minimum atomic E-state index is -0.0982. The number of amides is 1. The van der Waals surface area contributed by atoms with Crippen LogP contribution in [0.2, 0.25) is 0 Å². The van der Waals surface area contributed by atoms with Crippen LogP contribution >= 0.6 is 0 Å². The zero-order chi connectivity index (χ0) is 14.4. The Hall–Kier alpha value is -0.570. The first-order valence-corrected chi connectivity index (χ1v) is 8.72. The van der Waals surface area contributed by atoms with Gasteiger partial charge in [0, 0.05) is 19.6 Å². The third-order valence-electron chi connectivity index (χ3n) is 5.37. The molecule has 2 aliphatic heterocycles. The number of rotatable bonds is 4. The fourth-order valence-corrected chi connectivity index (χ4v) is 4.06. The quantitative estimate of drug-likeness (QED) is 0.857. The van der Waals surface area contributed by atoms with Gasteiger partial charge in [0.2, 0.25) is 5.91 Å². The summed E-state index contributed by atoms with van der Waals surface area (Å²) in [5.41, 5.74) is -0.0982. The van der Waals surface area contributed by atoms with Crippen molar-refractivity contribution in [1.82, 2.24) is 10.2 Å². The van der Waals surface area contributed by atoms with Gasteiger partial charge in [-0.3, -0.25) is 4.79 Å². The molecule has 2 fully saturated rings. The van der Waals surface area contributed by atoms with Crippen LogP contribution in [-0.4, -0.2) is 37.0 Å². The highest BCUT2D eigenvalue weighted by Gasteiger charge is 2.41. The average molecular weight is 280 g/mol. The van der Waals surface area contributed by atoms with Crippen LogP contribution in [0.1, 0.15) is 65.2 Å². The van der Waals surface area contributed by atoms with Gasteiger partial charge in [0.25, 0.3) is 0 Å². The normalized spacial score (nSPS) is 31.9. The lowest BCUT2D eigenvalue weighted by molar-refractivity contribution is -0.143. The smallest absolute Gasteiger partial charge is 0.230 e. The molecule has 0 saturated carbocycles. The number of piperidine rings is 1. The van der Waals surface area contributed by atoms with Gasteiger partial charge in [-0.1, -0.05) is 26.7 Å². The molecule has 2 unspecified atom stereocenters. The first-order chi connectivity index (χ1) is 9.72. The summed E-state index contributed by atoms with van der Waals surface area (Å²) >= 11 is 0. The fraction of sp³-hybridized carbons (Fsp3) is 0.941. The van der Waals surface area contributed by atoms with Crippen LogP contribution in [0.5, 0.6) is 0 Å². The van der Waals surface area contributed by atoms with Crippen LogP contribution in [0.25, 0.3) is 0 Å². The highest BCUT2D eigenvalue weighted by molar-refractivity contribution is 5.83. The molecular formula is C17H32N2O. The van der Waals surface area contributed by atoms with Gasteiger partial charge >= 0.3 is 0 Å². The van der Waals surface area contributed by atoms with Crippen LogP contribution in [0, 0.1) is 11.3 Å². The van der Waals surface area contributed by atoms with E-state index in [1.165, 1.54) is 25.7 Å². The molecule has 3 nitrogen and oxygen atoms in total. The summed E-state index contributed by atoms with van der Waals surface area (Å²) in [5, 5.41) is 3.47. The SMILES string of the molecule is CCCC1(C(=O)N2CCCC(CC)CC2)CCCNC1. The van der Waals surface area contributed by atoms with Crippen LogP contribution in [0.3, 0.4) is 0 Å². The minimum absolute atomic E-state index is 0.0982. The molecule has 0 aromatic rings. The molecule has 20 heavy (non-hydrogen) atoms. The van der Waals surface area contributed by atoms with Gasteiger partial charge in [0.05, 0.1) is 5.41 Å². The van der Waals surface area contributed by atoms with Crippen molar-refractivity contribution in [2.45, 2.75) is 65.2 Å². The number of likely N-dealkylation sites (tertiary alicyclic amines) is 1. The second-order valence-electron chi connectivity index (χ2n) is 6.81. The van der Waals surface area contributed by atoms with E-state index in [4.69, 9.17) is 0 Å². The molecule has 1 amide bonds. The van der Waals surface area contributed by atoms with E-state index in [0.717, 1.165) is 57.8 Å². The third-order valence-corrected chi connectivity index (χ3v) is 5.37. The maximum Gasteiger partial charge on any atom is 0.230 e. The largest absolute Gasteiger partial charge is 0.342 e. The van der Waals surface area contributed by atoms with Gasteiger partial charge in [-0.2, -0.15) is 0 Å². The molecule has 2 rings (SSSR count). The molecule has 2 aliphatic rings. The van der Waals surface area contributed by atoms with E-state index in [1.54, 1.807) is 0 Å². The van der Waals surface area contributed by atoms with Gasteiger partial charge in [0.1, 0.15) is 0 Å². The summed E-state index contributed by atoms with van der Waals surface area (Å²) in [5.74, 6) is 1.28. The van der Waals surface area contributed by atoms with Gasteiger partial charge < -0.3 is 10.2 Å². The van der Waals surface area contributed by atoms with Gasteiger partial charge in [0.15, 0.2) is 0 Å². The first kappa shape index (κ1) is 15.8.